The first-order chi connectivity index (χ1) is 6.09. The molecule has 1 saturated heterocycles. The number of hydrogen-bond donors (Lipinski definition) is 1. The molecule has 5 heteroatoms. The van der Waals surface area contributed by atoms with Gasteiger partial charge in [0.25, 0.3) is 0 Å². The van der Waals surface area contributed by atoms with Crippen LogP contribution in [0.3, 0.4) is 0 Å². The van der Waals surface area contributed by atoms with Crippen molar-refractivity contribution in [1.29, 1.82) is 0 Å². The highest BCUT2D eigenvalue weighted by Crippen LogP contribution is 2.32. The molecule has 13 heavy (non-hydrogen) atoms. The van der Waals surface area contributed by atoms with E-state index in [1.807, 2.05) is 0 Å². The molecule has 1 aromatic heterocycles. The number of rotatable bonds is 1. The molecule has 1 aliphatic heterocycles. The van der Waals surface area contributed by atoms with E-state index in [1.165, 1.54) is 0 Å². The van der Waals surface area contributed by atoms with E-state index in [4.69, 9.17) is 10.2 Å². The minimum atomic E-state index is 0.110. The summed E-state index contributed by atoms with van der Waals surface area (Å²) in [4.78, 5) is 2.11. The predicted molar refractivity (Wildman–Crippen MR) is 49.4 cm³/mol. The zero-order valence-electron chi connectivity index (χ0n) is 7.95. The molecule has 0 aliphatic carbocycles. The summed E-state index contributed by atoms with van der Waals surface area (Å²) in [7, 11) is 0. The van der Waals surface area contributed by atoms with Crippen molar-refractivity contribution in [3.63, 3.8) is 0 Å². The maximum atomic E-state index is 5.37. The summed E-state index contributed by atoms with van der Waals surface area (Å²) < 4.78 is 5.18. The fourth-order valence-electron chi connectivity index (χ4n) is 1.80. The standard InChI is InChI=1S/C8H14N4O/c1-8(2)4-3-5-12(8)7-11-10-6(9)13-7/h3-5H2,1-2H3,(H2,9,10). The van der Waals surface area contributed by atoms with Crippen LogP contribution in [0.4, 0.5) is 12.0 Å². The lowest BCUT2D eigenvalue weighted by molar-refractivity contribution is 0.464. The van der Waals surface area contributed by atoms with Gasteiger partial charge < -0.3 is 15.1 Å². The third-order valence-corrected chi connectivity index (χ3v) is 2.56. The largest absolute Gasteiger partial charge is 0.390 e. The Hall–Kier alpha value is -1.26. The second kappa shape index (κ2) is 2.61. The topological polar surface area (TPSA) is 68.2 Å². The van der Waals surface area contributed by atoms with Crippen molar-refractivity contribution >= 4 is 12.0 Å². The summed E-state index contributed by atoms with van der Waals surface area (Å²) >= 11 is 0. The lowest BCUT2D eigenvalue weighted by Gasteiger charge is -2.29. The molecule has 0 aromatic carbocycles. The van der Waals surface area contributed by atoms with Crippen molar-refractivity contribution in [2.75, 3.05) is 17.2 Å². The number of hydrogen-bond acceptors (Lipinski definition) is 5. The van der Waals surface area contributed by atoms with Crippen LogP contribution in [0, 0.1) is 0 Å². The number of nitrogens with two attached hydrogens (primary N) is 1. The van der Waals surface area contributed by atoms with E-state index in [0.717, 1.165) is 19.4 Å². The summed E-state index contributed by atoms with van der Waals surface area (Å²) in [6, 6.07) is 0.678. The SMILES string of the molecule is CC1(C)CCCN1c1nnc(N)o1. The summed E-state index contributed by atoms with van der Waals surface area (Å²) in [5, 5.41) is 7.52. The molecule has 1 aliphatic rings. The molecule has 2 N–H and O–H groups in total. The van der Waals surface area contributed by atoms with Crippen molar-refractivity contribution in [3.05, 3.63) is 0 Å². The van der Waals surface area contributed by atoms with Crippen LogP contribution < -0.4 is 10.6 Å². The molecular formula is C8H14N4O. The lowest BCUT2D eigenvalue weighted by atomic mass is 10.0. The van der Waals surface area contributed by atoms with E-state index in [1.54, 1.807) is 0 Å². The highest BCUT2D eigenvalue weighted by atomic mass is 16.4. The van der Waals surface area contributed by atoms with Crippen LogP contribution in [-0.2, 0) is 0 Å². The minimum Gasteiger partial charge on any atom is -0.390 e. The van der Waals surface area contributed by atoms with Crippen molar-refractivity contribution in [2.24, 2.45) is 0 Å². The Balaban J connectivity index is 2.26. The fraction of sp³-hybridized carbons (Fsp3) is 0.750. The Bertz CT molecular complexity index is 307. The van der Waals surface area contributed by atoms with E-state index in [2.05, 4.69) is 28.9 Å². The van der Waals surface area contributed by atoms with Crippen LogP contribution in [0.15, 0.2) is 4.42 Å². The zero-order chi connectivity index (χ0) is 9.47. The van der Waals surface area contributed by atoms with Crippen LogP contribution >= 0.6 is 0 Å². The fourth-order valence-corrected chi connectivity index (χ4v) is 1.80. The minimum absolute atomic E-state index is 0.110. The van der Waals surface area contributed by atoms with Gasteiger partial charge in [0, 0.05) is 12.1 Å². The molecule has 2 heterocycles. The number of anilines is 2. The first kappa shape index (κ1) is 8.34. The predicted octanol–water partition coefficient (Wildman–Crippen LogP) is 1.03. The normalized spacial score (nSPS) is 20.9. The van der Waals surface area contributed by atoms with Crippen molar-refractivity contribution in [3.8, 4) is 0 Å². The Morgan fingerprint density at radius 2 is 2.23 bits per heavy atom. The molecule has 2 rings (SSSR count). The molecule has 0 atom stereocenters. The maximum absolute atomic E-state index is 5.37. The molecule has 0 unspecified atom stereocenters. The Morgan fingerprint density at radius 1 is 1.46 bits per heavy atom. The van der Waals surface area contributed by atoms with Crippen LogP contribution in [0.2, 0.25) is 0 Å². The molecule has 0 bridgehead atoms. The van der Waals surface area contributed by atoms with Gasteiger partial charge in [0.1, 0.15) is 0 Å². The van der Waals surface area contributed by atoms with Gasteiger partial charge in [-0.1, -0.05) is 10.2 Å². The lowest BCUT2D eigenvalue weighted by Crippen LogP contribution is -2.38. The second-order valence-electron chi connectivity index (χ2n) is 3.99. The summed E-state index contributed by atoms with van der Waals surface area (Å²) in [6.07, 6.45) is 2.31. The molecule has 1 fully saturated rings. The van der Waals surface area contributed by atoms with Crippen molar-refractivity contribution in [2.45, 2.75) is 32.2 Å². The van der Waals surface area contributed by atoms with E-state index >= 15 is 0 Å². The average molecular weight is 182 g/mol. The Morgan fingerprint density at radius 3 is 2.69 bits per heavy atom. The number of nitrogens with zero attached hydrogens (tertiary/aromatic N) is 3. The second-order valence-corrected chi connectivity index (χ2v) is 3.99. The Labute approximate surface area is 76.9 Å². The van der Waals surface area contributed by atoms with E-state index in [9.17, 15) is 0 Å². The third-order valence-electron chi connectivity index (χ3n) is 2.56. The van der Waals surface area contributed by atoms with Gasteiger partial charge in [-0.15, -0.1) is 0 Å². The van der Waals surface area contributed by atoms with Gasteiger partial charge in [-0.2, -0.15) is 0 Å². The van der Waals surface area contributed by atoms with Crippen LogP contribution in [-0.4, -0.2) is 22.3 Å². The van der Waals surface area contributed by atoms with Crippen molar-refractivity contribution in [1.82, 2.24) is 10.2 Å². The molecule has 0 spiro atoms. The molecule has 0 saturated carbocycles. The zero-order valence-corrected chi connectivity index (χ0v) is 7.95. The maximum Gasteiger partial charge on any atom is 0.319 e. The van der Waals surface area contributed by atoms with Gasteiger partial charge in [-0.25, -0.2) is 0 Å². The first-order valence-electron chi connectivity index (χ1n) is 4.46. The van der Waals surface area contributed by atoms with Gasteiger partial charge in [-0.3, -0.25) is 0 Å². The first-order valence-corrected chi connectivity index (χ1v) is 4.46. The number of nitrogen functional groups attached to an aromatic ring is 1. The summed E-state index contributed by atoms with van der Waals surface area (Å²) in [6.45, 7) is 5.30. The molecule has 0 amide bonds. The highest BCUT2D eigenvalue weighted by molar-refractivity contribution is 5.34. The average Bonchev–Trinajstić information content (AvgIpc) is 2.56. The van der Waals surface area contributed by atoms with Crippen LogP contribution in [0.1, 0.15) is 26.7 Å². The summed E-state index contributed by atoms with van der Waals surface area (Å²) in [5.74, 6) is 0. The van der Waals surface area contributed by atoms with E-state index in [0.29, 0.717) is 6.01 Å². The van der Waals surface area contributed by atoms with Gasteiger partial charge in [0.05, 0.1) is 0 Å². The molecule has 0 radical (unpaired) electrons. The Kier molecular flexibility index (Phi) is 1.68. The van der Waals surface area contributed by atoms with Gasteiger partial charge in [0.15, 0.2) is 0 Å². The smallest absolute Gasteiger partial charge is 0.319 e. The molecule has 5 nitrogen and oxygen atoms in total. The number of aromatic nitrogens is 2. The molecular weight excluding hydrogens is 168 g/mol. The molecule has 72 valence electrons. The van der Waals surface area contributed by atoms with Crippen molar-refractivity contribution < 1.29 is 4.42 Å². The van der Waals surface area contributed by atoms with Gasteiger partial charge in [0.2, 0.25) is 0 Å². The quantitative estimate of drug-likeness (QED) is 0.702. The molecule has 1 aromatic rings. The van der Waals surface area contributed by atoms with Gasteiger partial charge >= 0.3 is 12.0 Å². The summed E-state index contributed by atoms with van der Waals surface area (Å²) in [5.41, 5.74) is 5.48. The van der Waals surface area contributed by atoms with Crippen LogP contribution in [0.25, 0.3) is 0 Å². The monoisotopic (exact) mass is 182 g/mol. The van der Waals surface area contributed by atoms with Gasteiger partial charge in [-0.05, 0) is 26.7 Å². The van der Waals surface area contributed by atoms with Crippen LogP contribution in [0.5, 0.6) is 0 Å². The van der Waals surface area contributed by atoms with E-state index < -0.39 is 0 Å². The highest BCUT2D eigenvalue weighted by Gasteiger charge is 2.34. The third kappa shape index (κ3) is 1.34. The van der Waals surface area contributed by atoms with E-state index in [-0.39, 0.29) is 11.6 Å².